The van der Waals surface area contributed by atoms with Gasteiger partial charge in [0, 0.05) is 31.7 Å². The van der Waals surface area contributed by atoms with Crippen molar-refractivity contribution in [1.29, 1.82) is 0 Å². The van der Waals surface area contributed by atoms with Gasteiger partial charge in [-0.05, 0) is 48.7 Å². The molecule has 0 bridgehead atoms. The third-order valence-electron chi connectivity index (χ3n) is 7.94. The van der Waals surface area contributed by atoms with Crippen molar-refractivity contribution in [3.63, 3.8) is 0 Å². The maximum atomic E-state index is 14.9. The van der Waals surface area contributed by atoms with E-state index >= 15 is 0 Å². The molecule has 1 fully saturated rings. The highest BCUT2D eigenvalue weighted by Crippen LogP contribution is 2.48. The summed E-state index contributed by atoms with van der Waals surface area (Å²) in [7, 11) is 0. The fraction of sp³-hybridized carbons (Fsp3) is 0.323. The minimum atomic E-state index is -1.19. The summed E-state index contributed by atoms with van der Waals surface area (Å²) in [5, 5.41) is 10.00. The molecule has 42 heavy (non-hydrogen) atoms. The number of benzene rings is 2. The largest absolute Gasteiger partial charge is 0.478 e. The Morgan fingerprint density at radius 2 is 2.05 bits per heavy atom. The Labute approximate surface area is 245 Å². The number of carbonyl (C=O) groups is 1. The van der Waals surface area contributed by atoms with Crippen molar-refractivity contribution < 1.29 is 33.2 Å². The van der Waals surface area contributed by atoms with Crippen LogP contribution >= 0.6 is 11.6 Å². The Kier molecular flexibility index (Phi) is 6.64. The number of ether oxygens (including phenoxy) is 4. The Bertz CT molecular complexity index is 1740. The number of aromatic carboxylic acids is 1. The highest BCUT2D eigenvalue weighted by molar-refractivity contribution is 6.30. The summed E-state index contributed by atoms with van der Waals surface area (Å²) in [6.07, 6.45) is 5.37. The van der Waals surface area contributed by atoms with Gasteiger partial charge in [0.15, 0.2) is 17.3 Å². The molecule has 0 aliphatic carbocycles. The Morgan fingerprint density at radius 3 is 2.74 bits per heavy atom. The molecule has 216 valence electrons. The molecule has 9 nitrogen and oxygen atoms in total. The number of para-hydroxylation sites is 1. The smallest absolute Gasteiger partial charge is 0.335 e. The van der Waals surface area contributed by atoms with Crippen LogP contribution in [0.1, 0.15) is 47.2 Å². The van der Waals surface area contributed by atoms with E-state index in [0.29, 0.717) is 66.2 Å². The second kappa shape index (κ2) is 10.4. The molecular formula is C31H27ClFN3O6. The summed E-state index contributed by atoms with van der Waals surface area (Å²) in [6.45, 7) is 3.30. The average molecular weight is 592 g/mol. The van der Waals surface area contributed by atoms with Gasteiger partial charge >= 0.3 is 5.97 Å². The zero-order valence-electron chi connectivity index (χ0n) is 22.7. The van der Waals surface area contributed by atoms with Crippen molar-refractivity contribution in [3.05, 3.63) is 88.2 Å². The van der Waals surface area contributed by atoms with Gasteiger partial charge in [-0.3, -0.25) is 4.98 Å². The first-order valence-corrected chi connectivity index (χ1v) is 14.1. The van der Waals surface area contributed by atoms with E-state index in [9.17, 15) is 14.3 Å². The van der Waals surface area contributed by atoms with Crippen LogP contribution in [0.15, 0.2) is 54.7 Å². The van der Waals surface area contributed by atoms with E-state index in [1.54, 1.807) is 18.3 Å². The third-order valence-corrected chi connectivity index (χ3v) is 8.17. The molecule has 0 radical (unpaired) electrons. The van der Waals surface area contributed by atoms with Crippen LogP contribution in [-0.2, 0) is 28.2 Å². The van der Waals surface area contributed by atoms with Crippen LogP contribution in [0.3, 0.4) is 0 Å². The summed E-state index contributed by atoms with van der Waals surface area (Å²) < 4.78 is 41.2. The van der Waals surface area contributed by atoms with E-state index < -0.39 is 17.6 Å². The number of pyridine rings is 1. The maximum absolute atomic E-state index is 14.9. The lowest BCUT2D eigenvalue weighted by atomic mass is 9.99. The van der Waals surface area contributed by atoms with Crippen LogP contribution in [0, 0.1) is 5.82 Å². The van der Waals surface area contributed by atoms with Crippen molar-refractivity contribution in [2.75, 3.05) is 13.2 Å². The number of hydrogen-bond donors (Lipinski definition) is 1. The van der Waals surface area contributed by atoms with E-state index in [0.717, 1.165) is 23.6 Å². The lowest BCUT2D eigenvalue weighted by molar-refractivity contribution is -0.0719. The van der Waals surface area contributed by atoms with Gasteiger partial charge in [-0.2, -0.15) is 0 Å². The molecule has 1 saturated heterocycles. The molecule has 1 N–H and O–H groups in total. The van der Waals surface area contributed by atoms with Crippen molar-refractivity contribution in [1.82, 2.24) is 14.5 Å². The van der Waals surface area contributed by atoms with Gasteiger partial charge in [0.05, 0.1) is 41.5 Å². The first-order valence-electron chi connectivity index (χ1n) is 13.7. The summed E-state index contributed by atoms with van der Waals surface area (Å²) in [4.78, 5) is 20.6. The van der Waals surface area contributed by atoms with E-state index in [-0.39, 0.29) is 23.3 Å². The molecule has 5 heterocycles. The quantitative estimate of drug-likeness (QED) is 0.289. The van der Waals surface area contributed by atoms with Crippen molar-refractivity contribution >= 4 is 34.2 Å². The van der Waals surface area contributed by atoms with Crippen molar-refractivity contribution in [2.45, 2.75) is 50.7 Å². The molecule has 3 atom stereocenters. The standard InChI is InChI=1S/C31H27ClFN3O6/c1-31(26-8-6-19(32)14-34-26)41-25-4-2-3-22(29(25)42-31)17-5-7-20(40-16-17)13-27-35-28-23(33)11-18(30(37)38)12-24(28)36(27)15-21-9-10-39-21/h2-6,8,11-12,14,20-21H,7,9-10,13,15-16H2,1H3,(H,37,38)/t20-,21-,31-/m0/s1. The van der Waals surface area contributed by atoms with Crippen LogP contribution in [0.2, 0.25) is 5.02 Å². The van der Waals surface area contributed by atoms with Gasteiger partial charge in [-0.15, -0.1) is 0 Å². The second-order valence-electron chi connectivity index (χ2n) is 10.8. The minimum Gasteiger partial charge on any atom is -0.478 e. The first kappa shape index (κ1) is 26.9. The molecule has 0 spiro atoms. The lowest BCUT2D eigenvalue weighted by Gasteiger charge is -2.28. The zero-order chi connectivity index (χ0) is 29.0. The number of fused-ring (bicyclic) bond motifs is 2. The number of imidazole rings is 1. The predicted octanol–water partition coefficient (Wildman–Crippen LogP) is 5.77. The number of halogens is 2. The van der Waals surface area contributed by atoms with Gasteiger partial charge < -0.3 is 28.6 Å². The number of carboxylic acids is 1. The Hall–Kier alpha value is -3.99. The summed E-state index contributed by atoms with van der Waals surface area (Å²) in [6, 6.07) is 11.8. The molecule has 2 aromatic heterocycles. The van der Waals surface area contributed by atoms with E-state index in [1.807, 2.05) is 29.7 Å². The van der Waals surface area contributed by atoms with Crippen molar-refractivity contribution in [2.24, 2.45) is 0 Å². The van der Waals surface area contributed by atoms with Gasteiger partial charge in [-0.1, -0.05) is 29.8 Å². The SMILES string of the molecule is C[C@]1(c2ccc(Cl)cn2)Oc2cccc(C3=CC[C@@H](Cc4nc5c(F)cc(C(=O)O)cc5n4C[C@@H]4CCO4)OC3)c2O1. The number of carboxylic acid groups (broad SMARTS) is 1. The molecule has 11 heteroatoms. The second-order valence-corrected chi connectivity index (χ2v) is 11.2. The molecule has 0 saturated carbocycles. The van der Waals surface area contributed by atoms with E-state index in [2.05, 4.69) is 16.0 Å². The van der Waals surface area contributed by atoms with Crippen LogP contribution in [0.25, 0.3) is 16.6 Å². The number of nitrogens with zero attached hydrogens (tertiary/aromatic N) is 3. The monoisotopic (exact) mass is 591 g/mol. The number of rotatable bonds is 7. The zero-order valence-corrected chi connectivity index (χ0v) is 23.4. The highest BCUT2D eigenvalue weighted by Gasteiger charge is 2.41. The fourth-order valence-electron chi connectivity index (χ4n) is 5.62. The minimum absolute atomic E-state index is 0.0207. The average Bonchev–Trinajstić information content (AvgIpc) is 3.49. The number of aromatic nitrogens is 3. The van der Waals surface area contributed by atoms with E-state index in [1.165, 1.54) is 6.07 Å². The summed E-state index contributed by atoms with van der Waals surface area (Å²) >= 11 is 6.01. The normalized spacial score (nSPS) is 23.1. The van der Waals surface area contributed by atoms with Gasteiger partial charge in [0.1, 0.15) is 17.0 Å². The first-order chi connectivity index (χ1) is 20.3. The van der Waals surface area contributed by atoms with Crippen LogP contribution in [0.4, 0.5) is 4.39 Å². The third kappa shape index (κ3) is 4.79. The molecule has 4 aromatic rings. The van der Waals surface area contributed by atoms with Crippen LogP contribution in [0.5, 0.6) is 11.5 Å². The predicted molar refractivity (Wildman–Crippen MR) is 151 cm³/mol. The molecule has 3 aliphatic rings. The van der Waals surface area contributed by atoms with Gasteiger partial charge in [0.2, 0.25) is 0 Å². The lowest BCUT2D eigenvalue weighted by Crippen LogP contribution is -2.32. The Morgan fingerprint density at radius 1 is 1.19 bits per heavy atom. The number of hydrogen-bond acceptors (Lipinski definition) is 7. The molecule has 0 amide bonds. The summed E-state index contributed by atoms with van der Waals surface area (Å²) in [5.74, 6) is -1.08. The van der Waals surface area contributed by atoms with Gasteiger partial charge in [0.25, 0.3) is 5.79 Å². The topological polar surface area (TPSA) is 105 Å². The highest BCUT2D eigenvalue weighted by atomic mass is 35.5. The Balaban J connectivity index is 1.13. The van der Waals surface area contributed by atoms with E-state index in [4.69, 9.17) is 30.5 Å². The van der Waals surface area contributed by atoms with Crippen LogP contribution in [-0.4, -0.2) is 51.0 Å². The van der Waals surface area contributed by atoms with Gasteiger partial charge in [-0.25, -0.2) is 14.2 Å². The van der Waals surface area contributed by atoms with Crippen LogP contribution < -0.4 is 9.47 Å². The fourth-order valence-corrected chi connectivity index (χ4v) is 5.73. The molecule has 2 aromatic carbocycles. The molecular weight excluding hydrogens is 565 g/mol. The summed E-state index contributed by atoms with van der Waals surface area (Å²) in [5.41, 5.74) is 2.92. The van der Waals surface area contributed by atoms with Crippen molar-refractivity contribution in [3.8, 4) is 11.5 Å². The molecule has 3 aliphatic heterocycles. The molecule has 7 rings (SSSR count). The maximum Gasteiger partial charge on any atom is 0.335 e. The molecule has 0 unspecified atom stereocenters.